The first-order valence-corrected chi connectivity index (χ1v) is 8.86. The van der Waals surface area contributed by atoms with Crippen LogP contribution in [0.15, 0.2) is 48.5 Å². The van der Waals surface area contributed by atoms with Crippen LogP contribution in [0.5, 0.6) is 5.75 Å². The molecular formula is C19H17N3O2S. The van der Waals surface area contributed by atoms with Crippen molar-refractivity contribution in [1.29, 1.82) is 0 Å². The molecule has 0 radical (unpaired) electrons. The summed E-state index contributed by atoms with van der Waals surface area (Å²) in [5.74, 6) is 0.653. The number of benzene rings is 2. The first-order valence-electron chi connectivity index (χ1n) is 8.09. The zero-order valence-electron chi connectivity index (χ0n) is 13.7. The van der Waals surface area contributed by atoms with Crippen LogP contribution in [0.2, 0.25) is 0 Å². The summed E-state index contributed by atoms with van der Waals surface area (Å²) in [5.41, 5.74) is 4.09. The lowest BCUT2D eigenvalue weighted by Gasteiger charge is -2.11. The Morgan fingerprint density at radius 2 is 1.80 bits per heavy atom. The van der Waals surface area contributed by atoms with E-state index in [4.69, 9.17) is 4.74 Å². The number of nitrogens with zero attached hydrogens (tertiary/aromatic N) is 2. The van der Waals surface area contributed by atoms with Crippen LogP contribution < -0.4 is 10.1 Å². The SMILES string of the molecule is COc1ccc(-c2nnsc2C(=O)NC2Cc3ccccc3C2)cc1. The normalized spacial score (nSPS) is 13.5. The second-order valence-corrected chi connectivity index (χ2v) is 6.78. The highest BCUT2D eigenvalue weighted by Gasteiger charge is 2.25. The molecule has 1 aliphatic carbocycles. The van der Waals surface area contributed by atoms with Gasteiger partial charge in [-0.1, -0.05) is 28.8 Å². The first-order chi connectivity index (χ1) is 12.2. The molecule has 1 aromatic heterocycles. The summed E-state index contributed by atoms with van der Waals surface area (Å²) >= 11 is 1.13. The predicted octanol–water partition coefficient (Wildman–Crippen LogP) is 3.11. The molecule has 3 aromatic rings. The number of hydrogen-bond donors (Lipinski definition) is 1. The van der Waals surface area contributed by atoms with Gasteiger partial charge in [-0.25, -0.2) is 0 Å². The third kappa shape index (κ3) is 3.13. The highest BCUT2D eigenvalue weighted by molar-refractivity contribution is 7.08. The number of amides is 1. The first kappa shape index (κ1) is 15.8. The van der Waals surface area contributed by atoms with E-state index in [9.17, 15) is 4.79 Å². The van der Waals surface area contributed by atoms with Crippen LogP contribution in [0.25, 0.3) is 11.3 Å². The number of carbonyl (C=O) groups excluding carboxylic acids is 1. The highest BCUT2D eigenvalue weighted by atomic mass is 32.1. The number of hydrogen-bond acceptors (Lipinski definition) is 5. The van der Waals surface area contributed by atoms with Gasteiger partial charge in [-0.3, -0.25) is 4.79 Å². The third-order valence-electron chi connectivity index (χ3n) is 4.44. The lowest BCUT2D eigenvalue weighted by atomic mass is 10.1. The molecule has 0 saturated carbocycles. The van der Waals surface area contributed by atoms with Crippen molar-refractivity contribution in [1.82, 2.24) is 14.9 Å². The van der Waals surface area contributed by atoms with Gasteiger partial charge in [0.25, 0.3) is 5.91 Å². The maximum absolute atomic E-state index is 12.7. The Kier molecular flexibility index (Phi) is 4.19. The fourth-order valence-electron chi connectivity index (χ4n) is 3.19. The minimum absolute atomic E-state index is 0.112. The molecule has 126 valence electrons. The van der Waals surface area contributed by atoms with Crippen molar-refractivity contribution in [2.75, 3.05) is 7.11 Å². The van der Waals surface area contributed by atoms with Crippen LogP contribution in [0.4, 0.5) is 0 Å². The summed E-state index contributed by atoms with van der Waals surface area (Å²) in [4.78, 5) is 13.3. The molecule has 0 aliphatic heterocycles. The smallest absolute Gasteiger partial charge is 0.265 e. The number of aromatic nitrogens is 2. The Hall–Kier alpha value is -2.73. The standard InChI is InChI=1S/C19H17N3O2S/c1-24-16-8-6-12(7-9-16)17-18(25-22-21-17)19(23)20-15-10-13-4-2-3-5-14(13)11-15/h2-9,15H,10-11H2,1H3,(H,20,23). The summed E-state index contributed by atoms with van der Waals surface area (Å²) in [6.07, 6.45) is 1.73. The lowest BCUT2D eigenvalue weighted by molar-refractivity contribution is 0.0943. The van der Waals surface area contributed by atoms with Crippen LogP contribution in [-0.4, -0.2) is 28.6 Å². The van der Waals surface area contributed by atoms with Crippen molar-refractivity contribution in [2.24, 2.45) is 0 Å². The molecule has 5 nitrogen and oxygen atoms in total. The van der Waals surface area contributed by atoms with E-state index in [0.29, 0.717) is 10.6 Å². The maximum Gasteiger partial charge on any atom is 0.265 e. The van der Waals surface area contributed by atoms with Crippen molar-refractivity contribution in [3.05, 3.63) is 64.5 Å². The molecule has 4 rings (SSSR count). The van der Waals surface area contributed by atoms with E-state index in [1.54, 1.807) is 7.11 Å². The van der Waals surface area contributed by atoms with Crippen LogP contribution in [-0.2, 0) is 12.8 Å². The van der Waals surface area contributed by atoms with E-state index in [1.165, 1.54) is 11.1 Å². The fourth-order valence-corrected chi connectivity index (χ4v) is 3.78. The number of rotatable bonds is 4. The highest BCUT2D eigenvalue weighted by Crippen LogP contribution is 2.27. The fraction of sp³-hybridized carbons (Fsp3) is 0.211. The van der Waals surface area contributed by atoms with Gasteiger partial charge in [0.1, 0.15) is 16.3 Å². The largest absolute Gasteiger partial charge is 0.497 e. The lowest BCUT2D eigenvalue weighted by Crippen LogP contribution is -2.35. The van der Waals surface area contributed by atoms with E-state index >= 15 is 0 Å². The number of methoxy groups -OCH3 is 1. The zero-order chi connectivity index (χ0) is 17.2. The average Bonchev–Trinajstić information content (AvgIpc) is 3.28. The summed E-state index contributed by atoms with van der Waals surface area (Å²) in [7, 11) is 1.62. The molecule has 25 heavy (non-hydrogen) atoms. The van der Waals surface area contributed by atoms with Crippen molar-refractivity contribution in [3.63, 3.8) is 0 Å². The zero-order valence-corrected chi connectivity index (χ0v) is 14.5. The van der Waals surface area contributed by atoms with Gasteiger partial charge in [0.05, 0.1) is 7.11 Å². The molecule has 1 aliphatic rings. The van der Waals surface area contributed by atoms with E-state index in [-0.39, 0.29) is 11.9 Å². The Morgan fingerprint density at radius 3 is 2.44 bits per heavy atom. The molecule has 0 unspecified atom stereocenters. The molecule has 0 spiro atoms. The molecule has 1 amide bonds. The van der Waals surface area contributed by atoms with Gasteiger partial charge in [-0.05, 0) is 59.8 Å². The number of ether oxygens (including phenoxy) is 1. The molecule has 6 heteroatoms. The Labute approximate surface area is 149 Å². The molecule has 0 saturated heterocycles. The number of carbonyl (C=O) groups is 1. The number of fused-ring (bicyclic) bond motifs is 1. The molecule has 1 heterocycles. The van der Waals surface area contributed by atoms with Crippen LogP contribution in [0.3, 0.4) is 0 Å². The Morgan fingerprint density at radius 1 is 1.12 bits per heavy atom. The minimum atomic E-state index is -0.112. The van der Waals surface area contributed by atoms with Crippen molar-refractivity contribution in [3.8, 4) is 17.0 Å². The van der Waals surface area contributed by atoms with Gasteiger partial charge in [0.15, 0.2) is 0 Å². The van der Waals surface area contributed by atoms with Crippen LogP contribution >= 0.6 is 11.5 Å². The molecule has 0 fully saturated rings. The van der Waals surface area contributed by atoms with Gasteiger partial charge in [-0.15, -0.1) is 5.10 Å². The van der Waals surface area contributed by atoms with E-state index in [1.807, 2.05) is 36.4 Å². The topological polar surface area (TPSA) is 64.1 Å². The maximum atomic E-state index is 12.7. The number of nitrogens with one attached hydrogen (secondary N) is 1. The summed E-state index contributed by atoms with van der Waals surface area (Å²) in [6.45, 7) is 0. The van der Waals surface area contributed by atoms with Gasteiger partial charge in [-0.2, -0.15) is 0 Å². The predicted molar refractivity (Wildman–Crippen MR) is 97.0 cm³/mol. The summed E-state index contributed by atoms with van der Waals surface area (Å²) in [6, 6.07) is 15.9. The van der Waals surface area contributed by atoms with Crippen molar-refractivity contribution in [2.45, 2.75) is 18.9 Å². The quantitative estimate of drug-likeness (QED) is 0.784. The van der Waals surface area contributed by atoms with Gasteiger partial charge < -0.3 is 10.1 Å². The van der Waals surface area contributed by atoms with E-state index in [2.05, 4.69) is 27.0 Å². The molecule has 0 atom stereocenters. The average molecular weight is 351 g/mol. The van der Waals surface area contributed by atoms with Gasteiger partial charge >= 0.3 is 0 Å². The molecule has 2 aromatic carbocycles. The van der Waals surface area contributed by atoms with Crippen LogP contribution in [0, 0.1) is 0 Å². The van der Waals surface area contributed by atoms with Gasteiger partial charge in [0.2, 0.25) is 0 Å². The van der Waals surface area contributed by atoms with E-state index in [0.717, 1.165) is 35.7 Å². The second-order valence-electron chi connectivity index (χ2n) is 6.03. The van der Waals surface area contributed by atoms with E-state index < -0.39 is 0 Å². The van der Waals surface area contributed by atoms with Crippen molar-refractivity contribution >= 4 is 17.4 Å². The monoisotopic (exact) mass is 351 g/mol. The van der Waals surface area contributed by atoms with Gasteiger partial charge in [0, 0.05) is 11.6 Å². The summed E-state index contributed by atoms with van der Waals surface area (Å²) in [5, 5.41) is 7.27. The molecule has 1 N–H and O–H groups in total. The summed E-state index contributed by atoms with van der Waals surface area (Å²) < 4.78 is 9.15. The van der Waals surface area contributed by atoms with Crippen molar-refractivity contribution < 1.29 is 9.53 Å². The third-order valence-corrected chi connectivity index (χ3v) is 5.17. The minimum Gasteiger partial charge on any atom is -0.497 e. The Bertz CT molecular complexity index is 880. The Balaban J connectivity index is 1.51. The molecule has 0 bridgehead atoms. The van der Waals surface area contributed by atoms with Crippen LogP contribution in [0.1, 0.15) is 20.8 Å². The second kappa shape index (κ2) is 6.64. The molecular weight excluding hydrogens is 334 g/mol.